The van der Waals surface area contributed by atoms with Crippen LogP contribution in [0.5, 0.6) is 0 Å². The van der Waals surface area contributed by atoms with Crippen LogP contribution in [0, 0.1) is 0 Å². The van der Waals surface area contributed by atoms with Gasteiger partial charge in [-0.1, -0.05) is 6.08 Å². The number of carbonyl (C=O) groups is 1. The second kappa shape index (κ2) is 1.83. The number of hydrogen-bond acceptors (Lipinski definition) is 2. The van der Waals surface area contributed by atoms with Gasteiger partial charge in [-0.05, 0) is 6.92 Å². The molecule has 3 nitrogen and oxygen atoms in total. The van der Waals surface area contributed by atoms with Gasteiger partial charge in [0, 0.05) is 6.08 Å². The largest absolute Gasteiger partial charge is 0.356 e. The standard InChI is InChI=1S/C7H9NO2/c1-5-8-6(4-10-5)2-3-7(8)9/h2-3,5-6H,4H2,1H3. The molecule has 2 aliphatic heterocycles. The molecule has 0 bridgehead atoms. The molecule has 0 N–H and O–H groups in total. The van der Waals surface area contributed by atoms with Crippen LogP contribution in [0.1, 0.15) is 6.92 Å². The molecular formula is C7H9NO2. The molecule has 2 rings (SSSR count). The first-order valence-corrected chi connectivity index (χ1v) is 3.41. The Kier molecular flexibility index (Phi) is 1.08. The van der Waals surface area contributed by atoms with Crippen LogP contribution >= 0.6 is 0 Å². The molecular weight excluding hydrogens is 130 g/mol. The van der Waals surface area contributed by atoms with Crippen LogP contribution in [0.4, 0.5) is 0 Å². The highest BCUT2D eigenvalue weighted by molar-refractivity contribution is 5.91. The molecule has 0 aromatic carbocycles. The lowest BCUT2D eigenvalue weighted by Crippen LogP contribution is -2.34. The fourth-order valence-corrected chi connectivity index (χ4v) is 1.44. The molecule has 3 heteroatoms. The van der Waals surface area contributed by atoms with E-state index in [0.29, 0.717) is 6.61 Å². The minimum atomic E-state index is -0.0347. The monoisotopic (exact) mass is 139 g/mol. The summed E-state index contributed by atoms with van der Waals surface area (Å²) in [7, 11) is 0. The topological polar surface area (TPSA) is 29.5 Å². The van der Waals surface area contributed by atoms with E-state index in [1.165, 1.54) is 0 Å². The van der Waals surface area contributed by atoms with E-state index in [2.05, 4.69) is 0 Å². The normalized spacial score (nSPS) is 37.3. The highest BCUT2D eigenvalue weighted by Crippen LogP contribution is 2.22. The first-order valence-electron chi connectivity index (χ1n) is 3.41. The Morgan fingerprint density at radius 2 is 2.60 bits per heavy atom. The number of ether oxygens (including phenoxy) is 1. The minimum absolute atomic E-state index is 0.0347. The van der Waals surface area contributed by atoms with Crippen molar-refractivity contribution in [3.8, 4) is 0 Å². The molecule has 0 spiro atoms. The molecule has 2 heterocycles. The molecule has 0 aromatic rings. The zero-order chi connectivity index (χ0) is 7.14. The first-order chi connectivity index (χ1) is 4.79. The van der Waals surface area contributed by atoms with Crippen LogP contribution in [0.3, 0.4) is 0 Å². The van der Waals surface area contributed by atoms with Gasteiger partial charge in [-0.25, -0.2) is 0 Å². The second-order valence-corrected chi connectivity index (χ2v) is 2.60. The SMILES string of the molecule is CC1OCC2C=CC(=O)N21. The highest BCUT2D eigenvalue weighted by Gasteiger charge is 2.36. The number of nitrogens with zero attached hydrogens (tertiary/aromatic N) is 1. The fraction of sp³-hybridized carbons (Fsp3) is 0.571. The van der Waals surface area contributed by atoms with Gasteiger partial charge >= 0.3 is 0 Å². The quantitative estimate of drug-likeness (QED) is 0.477. The highest BCUT2D eigenvalue weighted by atomic mass is 16.5. The van der Waals surface area contributed by atoms with Gasteiger partial charge in [0.15, 0.2) is 0 Å². The Labute approximate surface area is 59.3 Å². The Morgan fingerprint density at radius 3 is 3.30 bits per heavy atom. The molecule has 1 saturated heterocycles. The van der Waals surface area contributed by atoms with E-state index in [1.807, 2.05) is 13.0 Å². The molecule has 0 radical (unpaired) electrons. The summed E-state index contributed by atoms with van der Waals surface area (Å²) >= 11 is 0. The van der Waals surface area contributed by atoms with Crippen molar-refractivity contribution in [1.29, 1.82) is 0 Å². The average molecular weight is 139 g/mol. The van der Waals surface area contributed by atoms with Crippen molar-refractivity contribution in [2.24, 2.45) is 0 Å². The van der Waals surface area contributed by atoms with Gasteiger partial charge in [-0.2, -0.15) is 0 Å². The summed E-state index contributed by atoms with van der Waals surface area (Å²) in [5, 5.41) is 0. The maximum atomic E-state index is 11.0. The molecule has 54 valence electrons. The van der Waals surface area contributed by atoms with Crippen molar-refractivity contribution in [2.75, 3.05) is 6.61 Å². The first kappa shape index (κ1) is 5.92. The van der Waals surface area contributed by atoms with Gasteiger partial charge < -0.3 is 9.64 Å². The van der Waals surface area contributed by atoms with E-state index in [1.54, 1.807) is 11.0 Å². The third-order valence-electron chi connectivity index (χ3n) is 1.97. The second-order valence-electron chi connectivity index (χ2n) is 2.60. The van der Waals surface area contributed by atoms with Crippen LogP contribution in [0.2, 0.25) is 0 Å². The fourth-order valence-electron chi connectivity index (χ4n) is 1.44. The number of rotatable bonds is 0. The van der Waals surface area contributed by atoms with Crippen molar-refractivity contribution in [3.05, 3.63) is 12.2 Å². The molecule has 2 aliphatic rings. The van der Waals surface area contributed by atoms with Crippen LogP contribution in [0.15, 0.2) is 12.2 Å². The zero-order valence-corrected chi connectivity index (χ0v) is 5.78. The molecule has 0 saturated carbocycles. The summed E-state index contributed by atoms with van der Waals surface area (Å²) in [6.07, 6.45) is 3.47. The predicted octanol–water partition coefficient (Wildman–Crippen LogP) is 0.130. The van der Waals surface area contributed by atoms with Crippen molar-refractivity contribution < 1.29 is 9.53 Å². The molecule has 0 aromatic heterocycles. The molecule has 2 unspecified atom stereocenters. The van der Waals surface area contributed by atoms with Crippen LogP contribution in [0.25, 0.3) is 0 Å². The van der Waals surface area contributed by atoms with Crippen molar-refractivity contribution >= 4 is 5.91 Å². The van der Waals surface area contributed by atoms with Gasteiger partial charge in [0.1, 0.15) is 6.23 Å². The molecule has 0 aliphatic carbocycles. The maximum absolute atomic E-state index is 11.0. The van der Waals surface area contributed by atoms with E-state index >= 15 is 0 Å². The molecule has 1 amide bonds. The van der Waals surface area contributed by atoms with Crippen LogP contribution in [-0.4, -0.2) is 29.7 Å². The molecule has 10 heavy (non-hydrogen) atoms. The third-order valence-corrected chi connectivity index (χ3v) is 1.97. The summed E-state index contributed by atoms with van der Waals surface area (Å²) in [6, 6.07) is 0.211. The Bertz CT molecular complexity index is 200. The van der Waals surface area contributed by atoms with Gasteiger partial charge in [0.2, 0.25) is 5.91 Å². The summed E-state index contributed by atoms with van der Waals surface area (Å²) in [5.74, 6) is 0.0787. The Morgan fingerprint density at radius 1 is 1.80 bits per heavy atom. The summed E-state index contributed by atoms with van der Waals surface area (Å²) in [6.45, 7) is 2.55. The minimum Gasteiger partial charge on any atom is -0.356 e. The number of hydrogen-bond donors (Lipinski definition) is 0. The van der Waals surface area contributed by atoms with Gasteiger partial charge in [-0.3, -0.25) is 4.79 Å². The summed E-state index contributed by atoms with van der Waals surface area (Å²) < 4.78 is 5.24. The van der Waals surface area contributed by atoms with Crippen LogP contribution < -0.4 is 0 Å². The van der Waals surface area contributed by atoms with Crippen molar-refractivity contribution in [3.63, 3.8) is 0 Å². The lowest BCUT2D eigenvalue weighted by Gasteiger charge is -2.17. The van der Waals surface area contributed by atoms with Gasteiger partial charge in [0.05, 0.1) is 12.6 Å². The van der Waals surface area contributed by atoms with Crippen molar-refractivity contribution in [2.45, 2.75) is 19.2 Å². The Hall–Kier alpha value is -0.830. The number of fused-ring (bicyclic) bond motifs is 1. The van der Waals surface area contributed by atoms with Gasteiger partial charge in [-0.15, -0.1) is 0 Å². The zero-order valence-electron chi connectivity index (χ0n) is 5.78. The third kappa shape index (κ3) is 0.609. The smallest absolute Gasteiger partial charge is 0.248 e. The van der Waals surface area contributed by atoms with Crippen molar-refractivity contribution in [1.82, 2.24) is 4.90 Å². The predicted molar refractivity (Wildman–Crippen MR) is 35.2 cm³/mol. The number of carbonyl (C=O) groups excluding carboxylic acids is 1. The molecule has 1 fully saturated rings. The Balaban J connectivity index is 2.25. The molecule has 2 atom stereocenters. The van der Waals surface area contributed by atoms with Gasteiger partial charge in [0.25, 0.3) is 0 Å². The van der Waals surface area contributed by atoms with E-state index in [4.69, 9.17) is 4.74 Å². The number of amides is 1. The van der Waals surface area contributed by atoms with Crippen LogP contribution in [-0.2, 0) is 9.53 Å². The van der Waals surface area contributed by atoms with E-state index in [9.17, 15) is 4.79 Å². The summed E-state index contributed by atoms with van der Waals surface area (Å²) in [5.41, 5.74) is 0. The average Bonchev–Trinajstić information content (AvgIpc) is 2.40. The summed E-state index contributed by atoms with van der Waals surface area (Å²) in [4.78, 5) is 12.8. The van der Waals surface area contributed by atoms with E-state index < -0.39 is 0 Å². The lowest BCUT2D eigenvalue weighted by molar-refractivity contribution is -0.129. The lowest BCUT2D eigenvalue weighted by atomic mass is 10.3. The maximum Gasteiger partial charge on any atom is 0.248 e. The van der Waals surface area contributed by atoms with E-state index in [-0.39, 0.29) is 18.2 Å². The van der Waals surface area contributed by atoms with E-state index in [0.717, 1.165) is 0 Å².